The van der Waals surface area contributed by atoms with Crippen LogP contribution in [0.3, 0.4) is 0 Å². The molecule has 0 aliphatic carbocycles. The predicted octanol–water partition coefficient (Wildman–Crippen LogP) is 4.33. The van der Waals surface area contributed by atoms with Crippen molar-refractivity contribution < 1.29 is 23.5 Å². The summed E-state index contributed by atoms with van der Waals surface area (Å²) in [5, 5.41) is 3.96. The summed E-state index contributed by atoms with van der Waals surface area (Å²) >= 11 is 0. The van der Waals surface area contributed by atoms with E-state index < -0.39 is 17.7 Å². The third-order valence-electron chi connectivity index (χ3n) is 5.12. The molecule has 29 heavy (non-hydrogen) atoms. The maximum absolute atomic E-state index is 12.9. The summed E-state index contributed by atoms with van der Waals surface area (Å²) in [6, 6.07) is 4.77. The summed E-state index contributed by atoms with van der Waals surface area (Å²) < 4.78 is 16.7. The molecule has 2 atom stereocenters. The third kappa shape index (κ3) is 4.49. The van der Waals surface area contributed by atoms with Gasteiger partial charge in [0.1, 0.15) is 28.7 Å². The Labute approximate surface area is 171 Å². The number of rotatable bonds is 4. The zero-order valence-corrected chi connectivity index (χ0v) is 18.0. The Kier molecular flexibility index (Phi) is 5.78. The molecule has 1 fully saturated rings. The summed E-state index contributed by atoms with van der Waals surface area (Å²) in [5.41, 5.74) is 1.11. The maximum Gasteiger partial charge on any atom is 0.410 e. The molecule has 1 aliphatic rings. The number of benzene rings is 1. The van der Waals surface area contributed by atoms with Gasteiger partial charge in [-0.25, -0.2) is 4.79 Å². The van der Waals surface area contributed by atoms with Crippen molar-refractivity contribution in [3.05, 3.63) is 29.5 Å². The number of fused-ring (bicyclic) bond motifs is 1. The van der Waals surface area contributed by atoms with Crippen LogP contribution in [0.25, 0.3) is 11.0 Å². The van der Waals surface area contributed by atoms with E-state index in [-0.39, 0.29) is 11.9 Å². The molecule has 7 heteroatoms. The molecule has 1 N–H and O–H groups in total. The van der Waals surface area contributed by atoms with E-state index in [1.165, 1.54) is 4.90 Å². The van der Waals surface area contributed by atoms with Crippen LogP contribution in [0.2, 0.25) is 0 Å². The van der Waals surface area contributed by atoms with Gasteiger partial charge in [0.2, 0.25) is 5.91 Å². The van der Waals surface area contributed by atoms with Crippen LogP contribution in [-0.2, 0) is 9.53 Å². The van der Waals surface area contributed by atoms with E-state index in [1.807, 2.05) is 52.8 Å². The number of aryl methyl sites for hydroxylation is 1. The minimum Gasteiger partial charge on any atom is -0.497 e. The lowest BCUT2D eigenvalue weighted by Crippen LogP contribution is -2.48. The van der Waals surface area contributed by atoms with Gasteiger partial charge in [-0.2, -0.15) is 0 Å². The van der Waals surface area contributed by atoms with Gasteiger partial charge in [-0.15, -0.1) is 0 Å². The molecular formula is C22H30N2O5. The molecule has 0 spiro atoms. The van der Waals surface area contributed by atoms with Crippen molar-refractivity contribution >= 4 is 23.0 Å². The van der Waals surface area contributed by atoms with Crippen LogP contribution in [0.4, 0.5) is 4.79 Å². The van der Waals surface area contributed by atoms with Gasteiger partial charge in [0.15, 0.2) is 0 Å². The number of hydrogen-bond acceptors (Lipinski definition) is 5. The van der Waals surface area contributed by atoms with Crippen LogP contribution in [0.5, 0.6) is 5.75 Å². The minimum absolute atomic E-state index is 0.196. The Morgan fingerprint density at radius 1 is 1.31 bits per heavy atom. The van der Waals surface area contributed by atoms with E-state index >= 15 is 0 Å². The number of ether oxygens (including phenoxy) is 2. The number of hydrogen-bond donors (Lipinski definition) is 1. The molecule has 158 valence electrons. The first-order valence-corrected chi connectivity index (χ1v) is 9.97. The van der Waals surface area contributed by atoms with Crippen LogP contribution >= 0.6 is 0 Å². The van der Waals surface area contributed by atoms with Crippen molar-refractivity contribution in [1.29, 1.82) is 0 Å². The average Bonchev–Trinajstić information content (AvgIpc) is 3.25. The molecular weight excluding hydrogens is 372 g/mol. The number of furan rings is 1. The molecule has 0 radical (unpaired) electrons. The summed E-state index contributed by atoms with van der Waals surface area (Å²) in [5.74, 6) is 1.25. The number of amides is 2. The highest BCUT2D eigenvalue weighted by atomic mass is 16.6. The highest BCUT2D eigenvalue weighted by Crippen LogP contribution is 2.32. The van der Waals surface area contributed by atoms with E-state index in [2.05, 4.69) is 5.32 Å². The van der Waals surface area contributed by atoms with Gasteiger partial charge >= 0.3 is 6.09 Å². The Balaban J connectivity index is 1.74. The van der Waals surface area contributed by atoms with Gasteiger partial charge in [0, 0.05) is 17.5 Å². The standard InChI is InChI=1S/C22H30N2O5/c1-13-16-12-15(27-6)9-10-18(16)28-19(13)14(2)23-20(25)17-8-7-11-24(17)21(26)29-22(3,4)5/h9-10,12,14,17H,7-8,11H2,1-6H3,(H,23,25). The molecule has 0 saturated carbocycles. The molecule has 2 amide bonds. The van der Waals surface area contributed by atoms with E-state index in [4.69, 9.17) is 13.9 Å². The summed E-state index contributed by atoms with van der Waals surface area (Å²) in [7, 11) is 1.62. The number of carbonyl (C=O) groups is 2. The quantitative estimate of drug-likeness (QED) is 0.823. The molecule has 2 aromatic rings. The van der Waals surface area contributed by atoms with Gasteiger partial charge in [0.05, 0.1) is 13.2 Å². The topological polar surface area (TPSA) is 81.0 Å². The van der Waals surface area contributed by atoms with Crippen LogP contribution in [0.1, 0.15) is 57.9 Å². The van der Waals surface area contributed by atoms with E-state index in [0.29, 0.717) is 18.7 Å². The molecule has 2 heterocycles. The van der Waals surface area contributed by atoms with Gasteiger partial charge in [-0.05, 0) is 65.7 Å². The second-order valence-corrected chi connectivity index (χ2v) is 8.52. The Morgan fingerprint density at radius 3 is 2.69 bits per heavy atom. The lowest BCUT2D eigenvalue weighted by Gasteiger charge is -2.28. The second kappa shape index (κ2) is 7.97. The van der Waals surface area contributed by atoms with E-state index in [9.17, 15) is 9.59 Å². The lowest BCUT2D eigenvalue weighted by atomic mass is 10.1. The fourth-order valence-corrected chi connectivity index (χ4v) is 3.71. The van der Waals surface area contributed by atoms with Crippen LogP contribution in [0.15, 0.2) is 22.6 Å². The van der Waals surface area contributed by atoms with Crippen molar-refractivity contribution in [2.75, 3.05) is 13.7 Å². The normalized spacial score (nSPS) is 18.0. The largest absolute Gasteiger partial charge is 0.497 e. The first kappa shape index (κ1) is 21.0. The minimum atomic E-state index is -0.597. The van der Waals surface area contributed by atoms with Crippen molar-refractivity contribution in [3.63, 3.8) is 0 Å². The lowest BCUT2D eigenvalue weighted by molar-refractivity contribution is -0.126. The van der Waals surface area contributed by atoms with Crippen molar-refractivity contribution in [1.82, 2.24) is 10.2 Å². The monoisotopic (exact) mass is 402 g/mol. The fourth-order valence-electron chi connectivity index (χ4n) is 3.71. The Bertz CT molecular complexity index is 912. The highest BCUT2D eigenvalue weighted by Gasteiger charge is 2.37. The molecule has 1 saturated heterocycles. The molecule has 1 aliphatic heterocycles. The number of likely N-dealkylation sites (tertiary alicyclic amines) is 1. The average molecular weight is 402 g/mol. The summed E-state index contributed by atoms with van der Waals surface area (Å²) in [6.07, 6.45) is 0.943. The first-order chi connectivity index (χ1) is 13.6. The van der Waals surface area contributed by atoms with Crippen LogP contribution in [-0.4, -0.2) is 42.2 Å². The SMILES string of the molecule is COc1ccc2oc(C(C)NC(=O)C3CCCN3C(=O)OC(C)(C)C)c(C)c2c1. The second-order valence-electron chi connectivity index (χ2n) is 8.52. The van der Waals surface area contributed by atoms with Gasteiger partial charge < -0.3 is 19.2 Å². The van der Waals surface area contributed by atoms with Gasteiger partial charge in [-0.1, -0.05) is 0 Å². The number of nitrogens with zero attached hydrogens (tertiary/aromatic N) is 1. The summed E-state index contributed by atoms with van der Waals surface area (Å²) in [6.45, 7) is 9.82. The third-order valence-corrected chi connectivity index (χ3v) is 5.12. The number of methoxy groups -OCH3 is 1. The molecule has 2 unspecified atom stereocenters. The van der Waals surface area contributed by atoms with Crippen molar-refractivity contribution in [3.8, 4) is 5.75 Å². The molecule has 1 aromatic carbocycles. The Hall–Kier alpha value is -2.70. The number of carbonyl (C=O) groups excluding carboxylic acids is 2. The van der Waals surface area contributed by atoms with Crippen molar-refractivity contribution in [2.45, 2.75) is 65.1 Å². The molecule has 1 aromatic heterocycles. The maximum atomic E-state index is 12.9. The number of nitrogens with one attached hydrogen (secondary N) is 1. The molecule has 3 rings (SSSR count). The summed E-state index contributed by atoms with van der Waals surface area (Å²) in [4.78, 5) is 26.9. The van der Waals surface area contributed by atoms with Gasteiger partial charge in [0.25, 0.3) is 0 Å². The Morgan fingerprint density at radius 2 is 2.03 bits per heavy atom. The highest BCUT2D eigenvalue weighted by molar-refractivity contribution is 5.87. The van der Waals surface area contributed by atoms with Gasteiger partial charge in [-0.3, -0.25) is 9.69 Å². The van der Waals surface area contributed by atoms with Crippen LogP contribution in [0, 0.1) is 6.92 Å². The van der Waals surface area contributed by atoms with E-state index in [1.54, 1.807) is 7.11 Å². The smallest absolute Gasteiger partial charge is 0.410 e. The zero-order chi connectivity index (χ0) is 21.3. The van der Waals surface area contributed by atoms with Crippen LogP contribution < -0.4 is 10.1 Å². The molecule has 0 bridgehead atoms. The first-order valence-electron chi connectivity index (χ1n) is 9.97. The van der Waals surface area contributed by atoms with E-state index in [0.717, 1.165) is 28.7 Å². The zero-order valence-electron chi connectivity index (χ0n) is 18.0. The van der Waals surface area contributed by atoms with Crippen molar-refractivity contribution in [2.24, 2.45) is 0 Å². The molecule has 7 nitrogen and oxygen atoms in total. The fraction of sp³-hybridized carbons (Fsp3) is 0.545. The predicted molar refractivity (Wildman–Crippen MR) is 110 cm³/mol.